The minimum atomic E-state index is 0.927. The van der Waals surface area contributed by atoms with Crippen molar-refractivity contribution in [3.63, 3.8) is 0 Å². The second-order valence-corrected chi connectivity index (χ2v) is 5.62. The molecule has 4 rings (SSSR count). The molecule has 1 saturated heterocycles. The maximum absolute atomic E-state index is 4.78. The highest BCUT2D eigenvalue weighted by Crippen LogP contribution is 2.25. The molecule has 0 saturated carbocycles. The lowest BCUT2D eigenvalue weighted by molar-refractivity contribution is 0.847. The zero-order valence-corrected chi connectivity index (χ0v) is 12.2. The van der Waals surface area contributed by atoms with Crippen LogP contribution >= 0.6 is 0 Å². The molecular weight excluding hydrogens is 260 g/mol. The molecule has 1 aliphatic heterocycles. The van der Waals surface area contributed by atoms with Crippen molar-refractivity contribution in [3.05, 3.63) is 48.2 Å². The van der Waals surface area contributed by atoms with E-state index in [2.05, 4.69) is 41.1 Å². The van der Waals surface area contributed by atoms with Crippen molar-refractivity contribution in [1.29, 1.82) is 0 Å². The van der Waals surface area contributed by atoms with Gasteiger partial charge in [0.15, 0.2) is 5.65 Å². The van der Waals surface area contributed by atoms with Gasteiger partial charge in [-0.05, 0) is 19.8 Å². The third kappa shape index (κ3) is 2.17. The second kappa shape index (κ2) is 4.88. The summed E-state index contributed by atoms with van der Waals surface area (Å²) in [4.78, 5) is 7.03. The summed E-state index contributed by atoms with van der Waals surface area (Å²) in [5.41, 5.74) is 4.09. The Labute approximate surface area is 124 Å². The van der Waals surface area contributed by atoms with E-state index in [4.69, 9.17) is 5.10 Å². The number of nitrogens with zero attached hydrogens (tertiary/aromatic N) is 4. The van der Waals surface area contributed by atoms with E-state index in [1.54, 1.807) is 0 Å². The molecule has 0 bridgehead atoms. The second-order valence-electron chi connectivity index (χ2n) is 5.62. The summed E-state index contributed by atoms with van der Waals surface area (Å²) in [6.07, 6.45) is 2.52. The normalized spacial score (nSPS) is 15.0. The SMILES string of the molecule is Cc1cc(N2CCCC2)n2nc(-c3ccccc3)cc2n1. The molecule has 1 fully saturated rings. The summed E-state index contributed by atoms with van der Waals surface area (Å²) in [6, 6.07) is 14.5. The summed E-state index contributed by atoms with van der Waals surface area (Å²) in [7, 11) is 0. The van der Waals surface area contributed by atoms with Gasteiger partial charge in [-0.15, -0.1) is 0 Å². The molecule has 0 amide bonds. The number of hydrogen-bond donors (Lipinski definition) is 0. The van der Waals surface area contributed by atoms with Crippen molar-refractivity contribution < 1.29 is 0 Å². The summed E-state index contributed by atoms with van der Waals surface area (Å²) in [6.45, 7) is 4.27. The van der Waals surface area contributed by atoms with E-state index in [-0.39, 0.29) is 0 Å². The Kier molecular flexibility index (Phi) is 2.88. The first kappa shape index (κ1) is 12.4. The molecule has 0 atom stereocenters. The number of aromatic nitrogens is 3. The van der Waals surface area contributed by atoms with E-state index in [0.29, 0.717) is 0 Å². The Morgan fingerprint density at radius 3 is 2.52 bits per heavy atom. The number of anilines is 1. The van der Waals surface area contributed by atoms with E-state index in [1.165, 1.54) is 12.8 Å². The molecule has 0 N–H and O–H groups in total. The maximum atomic E-state index is 4.78. The number of rotatable bonds is 2. The van der Waals surface area contributed by atoms with Crippen LogP contribution in [0.2, 0.25) is 0 Å². The Morgan fingerprint density at radius 1 is 1.00 bits per heavy atom. The average Bonchev–Trinajstić information content (AvgIpc) is 3.16. The summed E-state index contributed by atoms with van der Waals surface area (Å²) < 4.78 is 1.99. The molecule has 106 valence electrons. The largest absolute Gasteiger partial charge is 0.356 e. The van der Waals surface area contributed by atoms with Gasteiger partial charge >= 0.3 is 0 Å². The van der Waals surface area contributed by atoms with Crippen LogP contribution in [-0.4, -0.2) is 27.7 Å². The first-order valence-electron chi connectivity index (χ1n) is 7.49. The van der Waals surface area contributed by atoms with Crippen LogP contribution in [0.15, 0.2) is 42.5 Å². The zero-order chi connectivity index (χ0) is 14.2. The summed E-state index contributed by atoms with van der Waals surface area (Å²) in [5, 5.41) is 4.78. The lowest BCUT2D eigenvalue weighted by Crippen LogP contribution is -2.21. The van der Waals surface area contributed by atoms with Crippen LogP contribution in [-0.2, 0) is 0 Å². The van der Waals surface area contributed by atoms with E-state index in [9.17, 15) is 0 Å². The monoisotopic (exact) mass is 278 g/mol. The van der Waals surface area contributed by atoms with Gasteiger partial charge in [-0.3, -0.25) is 0 Å². The predicted molar refractivity (Wildman–Crippen MR) is 84.6 cm³/mol. The highest BCUT2D eigenvalue weighted by Gasteiger charge is 2.17. The third-order valence-corrected chi connectivity index (χ3v) is 4.04. The molecule has 0 aliphatic carbocycles. The standard InChI is InChI=1S/C17H18N4/c1-13-11-17(20-9-5-6-10-20)21-16(18-13)12-15(19-21)14-7-3-2-4-8-14/h2-4,7-8,11-12H,5-6,9-10H2,1H3. The van der Waals surface area contributed by atoms with Crippen molar-refractivity contribution in [2.24, 2.45) is 0 Å². The average molecular weight is 278 g/mol. The summed E-state index contributed by atoms with van der Waals surface area (Å²) >= 11 is 0. The van der Waals surface area contributed by atoms with Crippen molar-refractivity contribution in [2.75, 3.05) is 18.0 Å². The topological polar surface area (TPSA) is 33.4 Å². The molecule has 21 heavy (non-hydrogen) atoms. The van der Waals surface area contributed by atoms with Crippen LogP contribution < -0.4 is 4.90 Å². The molecular formula is C17H18N4. The Balaban J connectivity index is 1.88. The zero-order valence-electron chi connectivity index (χ0n) is 12.2. The molecule has 1 aromatic carbocycles. The fourth-order valence-electron chi connectivity index (χ4n) is 3.00. The van der Waals surface area contributed by atoms with Gasteiger partial charge in [-0.2, -0.15) is 9.61 Å². The first-order valence-corrected chi connectivity index (χ1v) is 7.49. The molecule has 4 nitrogen and oxygen atoms in total. The minimum Gasteiger partial charge on any atom is -0.356 e. The van der Waals surface area contributed by atoms with Gasteiger partial charge in [0, 0.05) is 36.5 Å². The summed E-state index contributed by atoms with van der Waals surface area (Å²) in [5.74, 6) is 1.16. The van der Waals surface area contributed by atoms with Crippen molar-refractivity contribution in [2.45, 2.75) is 19.8 Å². The quantitative estimate of drug-likeness (QED) is 0.721. The van der Waals surface area contributed by atoms with Gasteiger partial charge in [0.05, 0.1) is 5.69 Å². The molecule has 0 radical (unpaired) electrons. The van der Waals surface area contributed by atoms with E-state index in [0.717, 1.165) is 41.5 Å². The Bertz CT molecular complexity index is 770. The number of aryl methyl sites for hydroxylation is 1. The lowest BCUT2D eigenvalue weighted by Gasteiger charge is -2.18. The van der Waals surface area contributed by atoms with Crippen LogP contribution in [0.25, 0.3) is 16.9 Å². The van der Waals surface area contributed by atoms with Gasteiger partial charge in [-0.1, -0.05) is 30.3 Å². The van der Waals surface area contributed by atoms with Gasteiger partial charge in [0.25, 0.3) is 0 Å². The Morgan fingerprint density at radius 2 is 1.76 bits per heavy atom. The van der Waals surface area contributed by atoms with Crippen LogP contribution in [0.1, 0.15) is 18.5 Å². The first-order chi connectivity index (χ1) is 10.3. The van der Waals surface area contributed by atoms with Crippen molar-refractivity contribution in [1.82, 2.24) is 14.6 Å². The Hall–Kier alpha value is -2.36. The van der Waals surface area contributed by atoms with E-state index in [1.807, 2.05) is 22.7 Å². The highest BCUT2D eigenvalue weighted by atomic mass is 15.4. The number of benzene rings is 1. The fraction of sp³-hybridized carbons (Fsp3) is 0.294. The highest BCUT2D eigenvalue weighted by molar-refractivity contribution is 5.66. The smallest absolute Gasteiger partial charge is 0.158 e. The van der Waals surface area contributed by atoms with Crippen molar-refractivity contribution >= 4 is 11.5 Å². The minimum absolute atomic E-state index is 0.927. The van der Waals surface area contributed by atoms with Gasteiger partial charge in [0.1, 0.15) is 5.82 Å². The third-order valence-electron chi connectivity index (χ3n) is 4.04. The van der Waals surface area contributed by atoms with Gasteiger partial charge in [-0.25, -0.2) is 4.98 Å². The van der Waals surface area contributed by atoms with Gasteiger partial charge < -0.3 is 4.90 Å². The van der Waals surface area contributed by atoms with Crippen LogP contribution in [0.4, 0.5) is 5.82 Å². The molecule has 3 aromatic rings. The molecule has 3 heterocycles. The number of fused-ring (bicyclic) bond motifs is 1. The molecule has 4 heteroatoms. The fourth-order valence-corrected chi connectivity index (χ4v) is 3.00. The maximum Gasteiger partial charge on any atom is 0.158 e. The van der Waals surface area contributed by atoms with Crippen LogP contribution in [0.5, 0.6) is 0 Å². The molecule has 2 aromatic heterocycles. The molecule has 0 unspecified atom stereocenters. The van der Waals surface area contributed by atoms with E-state index < -0.39 is 0 Å². The van der Waals surface area contributed by atoms with Crippen molar-refractivity contribution in [3.8, 4) is 11.3 Å². The lowest BCUT2D eigenvalue weighted by atomic mass is 10.2. The molecule has 0 spiro atoms. The predicted octanol–water partition coefficient (Wildman–Crippen LogP) is 3.30. The van der Waals surface area contributed by atoms with E-state index >= 15 is 0 Å². The molecule has 1 aliphatic rings. The number of hydrogen-bond acceptors (Lipinski definition) is 3. The van der Waals surface area contributed by atoms with Gasteiger partial charge in [0.2, 0.25) is 0 Å². The van der Waals surface area contributed by atoms with Crippen LogP contribution in [0.3, 0.4) is 0 Å². The van der Waals surface area contributed by atoms with Crippen LogP contribution in [0, 0.1) is 6.92 Å².